The Morgan fingerprint density at radius 1 is 1.15 bits per heavy atom. The minimum absolute atomic E-state index is 0.635. The fourth-order valence-electron chi connectivity index (χ4n) is 0.981. The molecule has 0 aliphatic heterocycles. The van der Waals surface area contributed by atoms with Gasteiger partial charge in [0.1, 0.15) is 4.75 Å². The Hall–Kier alpha value is -1.16. The second-order valence-corrected chi connectivity index (χ2v) is 4.86. The Morgan fingerprint density at radius 3 is 2.00 bits per heavy atom. The van der Waals surface area contributed by atoms with Gasteiger partial charge in [0.2, 0.25) is 0 Å². The summed E-state index contributed by atoms with van der Waals surface area (Å²) in [4.78, 5) is 0. The number of hydrogen-bond acceptors (Lipinski definition) is 3. The number of benzene rings is 1. The zero-order valence-corrected chi connectivity index (χ0v) is 8.43. The smallest absolute Gasteiger partial charge is 0.198 e. The molecule has 1 rings (SSSR count). The van der Waals surface area contributed by atoms with Gasteiger partial charge in [0.05, 0.1) is 0 Å². The number of anilines is 1. The van der Waals surface area contributed by atoms with Crippen LogP contribution in [0.25, 0.3) is 0 Å². The van der Waals surface area contributed by atoms with Crippen LogP contribution in [0.3, 0.4) is 0 Å². The highest BCUT2D eigenvalue weighted by Gasteiger charge is 2.25. The summed E-state index contributed by atoms with van der Waals surface area (Å²) in [5.41, 5.74) is 6.87. The van der Waals surface area contributed by atoms with Crippen LogP contribution in [0.5, 0.6) is 0 Å². The lowest BCUT2D eigenvalue weighted by atomic mass is 10.0. The molecule has 0 aromatic heterocycles. The average molecular weight is 198 g/mol. The van der Waals surface area contributed by atoms with Gasteiger partial charge in [0, 0.05) is 5.69 Å². The summed E-state index contributed by atoms with van der Waals surface area (Å²) in [5.74, 6) is 0. The van der Waals surface area contributed by atoms with Gasteiger partial charge in [-0.3, -0.25) is 0 Å². The lowest BCUT2D eigenvalue weighted by molar-refractivity contribution is 0.577. The van der Waals surface area contributed by atoms with Crippen molar-refractivity contribution in [3.63, 3.8) is 0 Å². The molecular formula is C9H12NO2S. The maximum absolute atomic E-state index is 10.9. The molecule has 4 heteroatoms. The summed E-state index contributed by atoms with van der Waals surface area (Å²) in [6.45, 7) is 3.31. The van der Waals surface area contributed by atoms with Crippen molar-refractivity contribution in [1.29, 1.82) is 0 Å². The van der Waals surface area contributed by atoms with Crippen LogP contribution >= 0.6 is 0 Å². The molecule has 71 valence electrons. The van der Waals surface area contributed by atoms with E-state index in [9.17, 15) is 8.42 Å². The maximum atomic E-state index is 10.9. The van der Waals surface area contributed by atoms with Crippen LogP contribution in [0.15, 0.2) is 24.3 Å². The Bertz CT molecular complexity index is 358. The van der Waals surface area contributed by atoms with E-state index < -0.39 is 15.5 Å². The van der Waals surface area contributed by atoms with Crippen LogP contribution in [0.2, 0.25) is 0 Å². The standard InChI is InChI=1S/C9H12NO2S/c1-9(2,13(11)12)7-3-5-8(10)6-4-7/h3-6H,10H2,1-2H3. The van der Waals surface area contributed by atoms with Crippen LogP contribution in [-0.4, -0.2) is 8.42 Å². The van der Waals surface area contributed by atoms with E-state index in [0.29, 0.717) is 5.69 Å². The van der Waals surface area contributed by atoms with Gasteiger partial charge in [-0.25, -0.2) is 0 Å². The van der Waals surface area contributed by atoms with Crippen molar-refractivity contribution >= 4 is 16.4 Å². The van der Waals surface area contributed by atoms with Crippen LogP contribution in [0.4, 0.5) is 5.69 Å². The van der Waals surface area contributed by atoms with Crippen molar-refractivity contribution in [2.24, 2.45) is 0 Å². The van der Waals surface area contributed by atoms with Gasteiger partial charge in [0.15, 0.2) is 10.7 Å². The highest BCUT2D eigenvalue weighted by molar-refractivity contribution is 7.73. The van der Waals surface area contributed by atoms with Gasteiger partial charge < -0.3 is 5.73 Å². The van der Waals surface area contributed by atoms with Gasteiger partial charge >= 0.3 is 0 Å². The molecule has 1 radical (unpaired) electrons. The molecule has 0 saturated carbocycles. The van der Waals surface area contributed by atoms with Gasteiger partial charge in [-0.1, -0.05) is 12.1 Å². The molecule has 1 aromatic rings. The van der Waals surface area contributed by atoms with Gasteiger partial charge in [-0.05, 0) is 31.5 Å². The largest absolute Gasteiger partial charge is 0.399 e. The van der Waals surface area contributed by atoms with Crippen molar-refractivity contribution in [2.45, 2.75) is 18.6 Å². The first-order valence-corrected chi connectivity index (χ1v) is 4.97. The predicted octanol–water partition coefficient (Wildman–Crippen LogP) is 1.38. The Balaban J connectivity index is 3.15. The zero-order chi connectivity index (χ0) is 10.1. The summed E-state index contributed by atoms with van der Waals surface area (Å²) < 4.78 is 20.9. The lowest BCUT2D eigenvalue weighted by Crippen LogP contribution is -2.18. The number of rotatable bonds is 2. The minimum Gasteiger partial charge on any atom is -0.399 e. The first-order chi connectivity index (χ1) is 5.94. The third-order valence-corrected chi connectivity index (χ3v) is 3.09. The molecule has 0 atom stereocenters. The third-order valence-electron chi connectivity index (χ3n) is 2.02. The van der Waals surface area contributed by atoms with Crippen molar-refractivity contribution in [3.8, 4) is 0 Å². The van der Waals surface area contributed by atoms with E-state index in [0.717, 1.165) is 5.56 Å². The van der Waals surface area contributed by atoms with Crippen LogP contribution in [-0.2, 0) is 15.5 Å². The predicted molar refractivity (Wildman–Crippen MR) is 52.8 cm³/mol. The van der Waals surface area contributed by atoms with Crippen LogP contribution < -0.4 is 5.73 Å². The fourth-order valence-corrected chi connectivity index (χ4v) is 1.31. The average Bonchev–Trinajstić information content (AvgIpc) is 2.04. The van der Waals surface area contributed by atoms with E-state index in [-0.39, 0.29) is 0 Å². The lowest BCUT2D eigenvalue weighted by Gasteiger charge is -2.15. The molecule has 2 N–H and O–H groups in total. The van der Waals surface area contributed by atoms with Crippen molar-refractivity contribution < 1.29 is 8.42 Å². The SMILES string of the molecule is CC(C)(c1ccc(N)cc1)[S](=O)=O. The summed E-state index contributed by atoms with van der Waals surface area (Å²) in [7, 11) is -2.12. The maximum Gasteiger partial charge on any atom is 0.198 e. The molecule has 13 heavy (non-hydrogen) atoms. The van der Waals surface area contributed by atoms with Crippen molar-refractivity contribution in [2.75, 3.05) is 5.73 Å². The molecule has 3 nitrogen and oxygen atoms in total. The molecule has 0 unspecified atom stereocenters. The first-order valence-electron chi connectivity index (χ1n) is 3.90. The summed E-state index contributed by atoms with van der Waals surface area (Å²) >= 11 is 0. The molecule has 1 aromatic carbocycles. The minimum atomic E-state index is -2.12. The summed E-state index contributed by atoms with van der Waals surface area (Å²) in [5, 5.41) is 0. The molecule has 0 saturated heterocycles. The van der Waals surface area contributed by atoms with Crippen LogP contribution in [0.1, 0.15) is 19.4 Å². The topological polar surface area (TPSA) is 60.2 Å². The summed E-state index contributed by atoms with van der Waals surface area (Å²) in [6, 6.07) is 6.85. The normalized spacial score (nSPS) is 11.2. The van der Waals surface area contributed by atoms with Gasteiger partial charge in [-0.15, -0.1) is 0 Å². The highest BCUT2D eigenvalue weighted by atomic mass is 32.2. The molecule has 0 spiro atoms. The quantitative estimate of drug-likeness (QED) is 0.730. The van der Waals surface area contributed by atoms with E-state index in [1.54, 1.807) is 38.1 Å². The van der Waals surface area contributed by atoms with E-state index in [2.05, 4.69) is 0 Å². The first kappa shape index (κ1) is 9.92. The molecule has 0 aliphatic carbocycles. The molecular weight excluding hydrogens is 186 g/mol. The van der Waals surface area contributed by atoms with Gasteiger partial charge in [-0.2, -0.15) is 8.42 Å². The van der Waals surface area contributed by atoms with E-state index >= 15 is 0 Å². The summed E-state index contributed by atoms with van der Waals surface area (Å²) in [6.07, 6.45) is 0. The molecule has 0 bridgehead atoms. The third kappa shape index (κ3) is 1.95. The van der Waals surface area contributed by atoms with E-state index in [1.807, 2.05) is 0 Å². The molecule has 0 aliphatic rings. The van der Waals surface area contributed by atoms with E-state index in [1.165, 1.54) is 0 Å². The van der Waals surface area contributed by atoms with Crippen LogP contribution in [0, 0.1) is 0 Å². The molecule has 0 heterocycles. The zero-order valence-electron chi connectivity index (χ0n) is 7.61. The Labute approximate surface area is 79.5 Å². The second kappa shape index (κ2) is 3.30. The Morgan fingerprint density at radius 2 is 1.62 bits per heavy atom. The highest BCUT2D eigenvalue weighted by Crippen LogP contribution is 2.24. The second-order valence-electron chi connectivity index (χ2n) is 3.37. The van der Waals surface area contributed by atoms with Crippen molar-refractivity contribution in [3.05, 3.63) is 29.8 Å². The number of hydrogen-bond donors (Lipinski definition) is 1. The van der Waals surface area contributed by atoms with E-state index in [4.69, 9.17) is 5.73 Å². The molecule has 0 amide bonds. The fraction of sp³-hybridized carbons (Fsp3) is 0.333. The molecule has 0 fully saturated rings. The number of nitrogens with two attached hydrogens (primary N) is 1. The Kier molecular flexibility index (Phi) is 2.52. The van der Waals surface area contributed by atoms with Gasteiger partial charge in [0.25, 0.3) is 0 Å². The monoisotopic (exact) mass is 198 g/mol. The number of nitrogen functional groups attached to an aromatic ring is 1. The van der Waals surface area contributed by atoms with Crippen molar-refractivity contribution in [1.82, 2.24) is 0 Å².